The van der Waals surface area contributed by atoms with Gasteiger partial charge in [0.2, 0.25) is 0 Å². The minimum Gasteiger partial charge on any atom is -0.493 e. The van der Waals surface area contributed by atoms with E-state index in [1.807, 2.05) is 7.05 Å². The zero-order valence-corrected chi connectivity index (χ0v) is 12.5. The minimum absolute atomic E-state index is 0.679. The van der Waals surface area contributed by atoms with E-state index in [-0.39, 0.29) is 0 Å². The Morgan fingerprint density at radius 1 is 1.26 bits per heavy atom. The van der Waals surface area contributed by atoms with E-state index in [4.69, 9.17) is 4.74 Å². The Labute approximate surface area is 118 Å². The SMILES string of the molecule is CNCc1csc(CCOc2c(C)cccc2C)n1. The van der Waals surface area contributed by atoms with Gasteiger partial charge in [-0.15, -0.1) is 11.3 Å². The summed E-state index contributed by atoms with van der Waals surface area (Å²) in [6.45, 7) is 5.67. The molecule has 0 aliphatic rings. The first-order valence-electron chi connectivity index (χ1n) is 6.47. The van der Waals surface area contributed by atoms with Crippen molar-refractivity contribution in [3.05, 3.63) is 45.4 Å². The number of hydrogen-bond donors (Lipinski definition) is 1. The topological polar surface area (TPSA) is 34.1 Å². The van der Waals surface area contributed by atoms with E-state index >= 15 is 0 Å². The highest BCUT2D eigenvalue weighted by molar-refractivity contribution is 7.09. The Morgan fingerprint density at radius 2 is 2.00 bits per heavy atom. The maximum absolute atomic E-state index is 5.89. The van der Waals surface area contributed by atoms with Gasteiger partial charge in [-0.25, -0.2) is 4.98 Å². The van der Waals surface area contributed by atoms with Crippen LogP contribution < -0.4 is 10.1 Å². The summed E-state index contributed by atoms with van der Waals surface area (Å²) in [7, 11) is 1.93. The van der Waals surface area contributed by atoms with E-state index in [9.17, 15) is 0 Å². The molecule has 0 unspecified atom stereocenters. The minimum atomic E-state index is 0.679. The van der Waals surface area contributed by atoms with Crippen LogP contribution in [0.2, 0.25) is 0 Å². The van der Waals surface area contributed by atoms with Crippen LogP contribution in [0.3, 0.4) is 0 Å². The van der Waals surface area contributed by atoms with E-state index in [1.54, 1.807) is 11.3 Å². The molecule has 1 aromatic heterocycles. The fourth-order valence-corrected chi connectivity index (χ4v) is 2.77. The summed E-state index contributed by atoms with van der Waals surface area (Å²) in [4.78, 5) is 4.55. The molecule has 0 saturated heterocycles. The van der Waals surface area contributed by atoms with Crippen LogP contribution in [-0.2, 0) is 13.0 Å². The molecule has 0 amide bonds. The van der Waals surface area contributed by atoms with Gasteiger partial charge >= 0.3 is 0 Å². The van der Waals surface area contributed by atoms with Gasteiger partial charge in [0, 0.05) is 18.3 Å². The highest BCUT2D eigenvalue weighted by Gasteiger charge is 2.05. The van der Waals surface area contributed by atoms with E-state index in [0.29, 0.717) is 6.61 Å². The molecule has 2 aromatic rings. The van der Waals surface area contributed by atoms with Crippen LogP contribution in [0.5, 0.6) is 5.75 Å². The quantitative estimate of drug-likeness (QED) is 0.880. The third-order valence-electron chi connectivity index (χ3n) is 2.93. The first-order valence-corrected chi connectivity index (χ1v) is 7.35. The molecule has 1 aromatic carbocycles. The first-order chi connectivity index (χ1) is 9.20. The predicted molar refractivity (Wildman–Crippen MR) is 80.0 cm³/mol. The molecule has 0 spiro atoms. The average molecular weight is 276 g/mol. The standard InChI is InChI=1S/C15H20N2OS/c1-11-5-4-6-12(2)15(11)18-8-7-14-17-13(9-16-3)10-19-14/h4-6,10,16H,7-9H2,1-3H3. The lowest BCUT2D eigenvalue weighted by molar-refractivity contribution is 0.317. The molecule has 0 radical (unpaired) electrons. The van der Waals surface area contributed by atoms with Gasteiger partial charge in [0.1, 0.15) is 5.75 Å². The summed E-state index contributed by atoms with van der Waals surface area (Å²) < 4.78 is 5.89. The van der Waals surface area contributed by atoms with Gasteiger partial charge < -0.3 is 10.1 Å². The van der Waals surface area contributed by atoms with Crippen LogP contribution in [0.15, 0.2) is 23.6 Å². The van der Waals surface area contributed by atoms with Gasteiger partial charge in [0.25, 0.3) is 0 Å². The van der Waals surface area contributed by atoms with E-state index < -0.39 is 0 Å². The highest BCUT2D eigenvalue weighted by Crippen LogP contribution is 2.22. The molecule has 4 heteroatoms. The summed E-state index contributed by atoms with van der Waals surface area (Å²) >= 11 is 1.70. The van der Waals surface area contributed by atoms with E-state index in [0.717, 1.165) is 29.4 Å². The predicted octanol–water partition coefficient (Wildman–Crippen LogP) is 3.10. The Morgan fingerprint density at radius 3 is 2.68 bits per heavy atom. The van der Waals surface area contributed by atoms with Gasteiger partial charge in [-0.1, -0.05) is 18.2 Å². The number of rotatable bonds is 6. The van der Waals surface area contributed by atoms with Crippen molar-refractivity contribution >= 4 is 11.3 Å². The van der Waals surface area contributed by atoms with Crippen LogP contribution in [0.4, 0.5) is 0 Å². The molecule has 0 bridgehead atoms. The molecule has 2 rings (SSSR count). The normalized spacial score (nSPS) is 10.7. The zero-order valence-electron chi connectivity index (χ0n) is 11.7. The summed E-state index contributed by atoms with van der Waals surface area (Å²) in [6, 6.07) is 6.22. The fourth-order valence-electron chi connectivity index (χ4n) is 1.99. The highest BCUT2D eigenvalue weighted by atomic mass is 32.1. The van der Waals surface area contributed by atoms with Gasteiger partial charge in [-0.2, -0.15) is 0 Å². The maximum atomic E-state index is 5.89. The van der Waals surface area contributed by atoms with Crippen LogP contribution in [0.25, 0.3) is 0 Å². The molecular formula is C15H20N2OS. The summed E-state index contributed by atoms with van der Waals surface area (Å²) in [5.74, 6) is 1.01. The van der Waals surface area contributed by atoms with Crippen molar-refractivity contribution in [2.45, 2.75) is 26.8 Å². The summed E-state index contributed by atoms with van der Waals surface area (Å²) in [5, 5.41) is 6.34. The second kappa shape index (κ2) is 6.68. The van der Waals surface area contributed by atoms with Crippen molar-refractivity contribution in [2.75, 3.05) is 13.7 Å². The van der Waals surface area contributed by atoms with Gasteiger partial charge in [0.15, 0.2) is 0 Å². The van der Waals surface area contributed by atoms with Gasteiger partial charge in [-0.05, 0) is 32.0 Å². The smallest absolute Gasteiger partial charge is 0.125 e. The van der Waals surface area contributed by atoms with Crippen LogP contribution >= 0.6 is 11.3 Å². The molecule has 0 atom stereocenters. The van der Waals surface area contributed by atoms with Gasteiger partial charge in [0.05, 0.1) is 17.3 Å². The largest absolute Gasteiger partial charge is 0.493 e. The molecule has 3 nitrogen and oxygen atoms in total. The lowest BCUT2D eigenvalue weighted by atomic mass is 10.1. The first kappa shape index (κ1) is 14.0. The molecule has 1 heterocycles. The Bertz CT molecular complexity index is 516. The Kier molecular flexibility index (Phi) is 4.93. The molecule has 0 aliphatic carbocycles. The Hall–Kier alpha value is -1.39. The van der Waals surface area contributed by atoms with Crippen LogP contribution in [0.1, 0.15) is 21.8 Å². The van der Waals surface area contributed by atoms with Crippen molar-refractivity contribution < 1.29 is 4.74 Å². The van der Waals surface area contributed by atoms with Crippen molar-refractivity contribution in [1.29, 1.82) is 0 Å². The second-order valence-electron chi connectivity index (χ2n) is 4.58. The number of hydrogen-bond acceptors (Lipinski definition) is 4. The molecule has 0 aliphatic heterocycles. The van der Waals surface area contributed by atoms with Crippen LogP contribution in [0, 0.1) is 13.8 Å². The molecular weight excluding hydrogens is 256 g/mol. The molecule has 1 N–H and O–H groups in total. The fraction of sp³-hybridized carbons (Fsp3) is 0.400. The Balaban J connectivity index is 1.89. The number of benzene rings is 1. The van der Waals surface area contributed by atoms with Crippen molar-refractivity contribution in [3.8, 4) is 5.75 Å². The zero-order chi connectivity index (χ0) is 13.7. The van der Waals surface area contributed by atoms with Crippen molar-refractivity contribution in [3.63, 3.8) is 0 Å². The van der Waals surface area contributed by atoms with E-state index in [2.05, 4.69) is 47.7 Å². The summed E-state index contributed by atoms with van der Waals surface area (Å²) in [5.41, 5.74) is 3.49. The van der Waals surface area contributed by atoms with Crippen LogP contribution in [-0.4, -0.2) is 18.6 Å². The third-order valence-corrected chi connectivity index (χ3v) is 3.89. The third kappa shape index (κ3) is 3.78. The number of nitrogens with zero attached hydrogens (tertiary/aromatic N) is 1. The molecule has 0 saturated carbocycles. The summed E-state index contributed by atoms with van der Waals surface area (Å²) in [6.07, 6.45) is 0.863. The monoisotopic (exact) mass is 276 g/mol. The number of aromatic nitrogens is 1. The maximum Gasteiger partial charge on any atom is 0.125 e. The lowest BCUT2D eigenvalue weighted by Gasteiger charge is -2.10. The van der Waals surface area contributed by atoms with Gasteiger partial charge in [-0.3, -0.25) is 0 Å². The van der Waals surface area contributed by atoms with Crippen molar-refractivity contribution in [2.24, 2.45) is 0 Å². The number of para-hydroxylation sites is 1. The molecule has 19 heavy (non-hydrogen) atoms. The molecule has 0 fully saturated rings. The number of thiazole rings is 1. The van der Waals surface area contributed by atoms with Crippen molar-refractivity contribution in [1.82, 2.24) is 10.3 Å². The number of nitrogens with one attached hydrogen (secondary N) is 1. The average Bonchev–Trinajstić information content (AvgIpc) is 2.81. The number of aryl methyl sites for hydroxylation is 2. The lowest BCUT2D eigenvalue weighted by Crippen LogP contribution is -2.06. The van der Waals surface area contributed by atoms with E-state index in [1.165, 1.54) is 11.1 Å². The molecule has 102 valence electrons. The second-order valence-corrected chi connectivity index (χ2v) is 5.52. The number of ether oxygens (including phenoxy) is 1.